The number of piperidine rings is 1. The van der Waals surface area contributed by atoms with Gasteiger partial charge in [0.25, 0.3) is 5.91 Å². The smallest absolute Gasteiger partial charge is 0.289 e. The Morgan fingerprint density at radius 3 is 2.57 bits per heavy atom. The van der Waals surface area contributed by atoms with Crippen LogP contribution in [0.4, 0.5) is 5.69 Å². The molecule has 1 aliphatic rings. The maximum absolute atomic E-state index is 12.7. The molecule has 1 aromatic carbocycles. The van der Waals surface area contributed by atoms with Gasteiger partial charge in [-0.05, 0) is 55.0 Å². The molecule has 1 fully saturated rings. The number of benzene rings is 1. The Labute approximate surface area is 137 Å². The van der Waals surface area contributed by atoms with E-state index in [1.54, 1.807) is 6.07 Å². The quantitative estimate of drug-likeness (QED) is 0.854. The van der Waals surface area contributed by atoms with Crippen LogP contribution in [0.2, 0.25) is 0 Å². The van der Waals surface area contributed by atoms with Crippen molar-refractivity contribution in [2.75, 3.05) is 18.8 Å². The van der Waals surface area contributed by atoms with Crippen LogP contribution < -0.4 is 5.73 Å². The molecule has 2 N–H and O–H groups in total. The number of nitrogens with two attached hydrogens (primary N) is 1. The zero-order chi connectivity index (χ0) is 16.6. The summed E-state index contributed by atoms with van der Waals surface area (Å²) in [6, 6.07) is 9.33. The second-order valence-corrected chi connectivity index (χ2v) is 6.89. The monoisotopic (exact) mass is 312 g/mol. The Balaban J connectivity index is 1.84. The standard InChI is InChI=1S/C19H24N2O2/c1-12-8-13(2)11-21(10-12)19(22)18-7-6-17(23-18)16-9-15(20)5-4-14(16)3/h4-7,9,12-13H,8,10-11,20H2,1-3H3/t12-,13-/m1/s1. The van der Waals surface area contributed by atoms with Gasteiger partial charge in [-0.25, -0.2) is 0 Å². The average Bonchev–Trinajstić information content (AvgIpc) is 2.97. The number of rotatable bonds is 2. The maximum Gasteiger partial charge on any atom is 0.289 e. The number of anilines is 1. The van der Waals surface area contributed by atoms with Gasteiger partial charge in [0, 0.05) is 24.3 Å². The van der Waals surface area contributed by atoms with Crippen LogP contribution >= 0.6 is 0 Å². The molecule has 3 rings (SSSR count). The Morgan fingerprint density at radius 1 is 1.17 bits per heavy atom. The number of furan rings is 1. The fourth-order valence-electron chi connectivity index (χ4n) is 3.49. The van der Waals surface area contributed by atoms with Gasteiger partial charge in [-0.2, -0.15) is 0 Å². The highest BCUT2D eigenvalue weighted by atomic mass is 16.4. The Bertz CT molecular complexity index is 710. The maximum atomic E-state index is 12.7. The molecule has 4 heteroatoms. The van der Waals surface area contributed by atoms with Gasteiger partial charge in [-0.15, -0.1) is 0 Å². The molecule has 1 aliphatic heterocycles. The van der Waals surface area contributed by atoms with Gasteiger partial charge in [0.05, 0.1) is 0 Å². The van der Waals surface area contributed by atoms with E-state index in [1.165, 1.54) is 6.42 Å². The molecule has 0 unspecified atom stereocenters. The predicted octanol–water partition coefficient (Wildman–Crippen LogP) is 3.96. The summed E-state index contributed by atoms with van der Waals surface area (Å²) in [5.74, 6) is 2.15. The predicted molar refractivity (Wildman–Crippen MR) is 92.1 cm³/mol. The van der Waals surface area contributed by atoms with Crippen LogP contribution in [0.5, 0.6) is 0 Å². The van der Waals surface area contributed by atoms with Crippen LogP contribution in [0.1, 0.15) is 36.4 Å². The molecule has 0 radical (unpaired) electrons. The summed E-state index contributed by atoms with van der Waals surface area (Å²) >= 11 is 0. The van der Waals surface area contributed by atoms with Crippen molar-refractivity contribution in [3.8, 4) is 11.3 Å². The lowest BCUT2D eigenvalue weighted by molar-refractivity contribution is 0.0592. The van der Waals surface area contributed by atoms with Crippen molar-refractivity contribution in [3.05, 3.63) is 41.7 Å². The molecular formula is C19H24N2O2. The minimum atomic E-state index is -0.0174. The second kappa shape index (κ2) is 6.11. The Hall–Kier alpha value is -2.23. The summed E-state index contributed by atoms with van der Waals surface area (Å²) in [5, 5.41) is 0. The SMILES string of the molecule is Cc1ccc(N)cc1-c1ccc(C(=O)N2C[C@H](C)C[C@@H](C)C2)o1. The number of carbonyl (C=O) groups is 1. The fraction of sp³-hybridized carbons (Fsp3) is 0.421. The summed E-state index contributed by atoms with van der Waals surface area (Å²) in [5.41, 5.74) is 8.56. The summed E-state index contributed by atoms with van der Waals surface area (Å²) in [6.07, 6.45) is 1.18. The van der Waals surface area contributed by atoms with Crippen LogP contribution in [-0.4, -0.2) is 23.9 Å². The second-order valence-electron chi connectivity index (χ2n) is 6.89. The molecule has 2 atom stereocenters. The highest BCUT2D eigenvalue weighted by molar-refractivity contribution is 5.92. The van der Waals surface area contributed by atoms with Crippen LogP contribution in [-0.2, 0) is 0 Å². The van der Waals surface area contributed by atoms with E-state index in [-0.39, 0.29) is 5.91 Å². The van der Waals surface area contributed by atoms with Crippen LogP contribution in [0.15, 0.2) is 34.7 Å². The molecule has 4 nitrogen and oxygen atoms in total. The molecule has 2 aromatic rings. The van der Waals surface area contributed by atoms with E-state index in [4.69, 9.17) is 10.2 Å². The van der Waals surface area contributed by atoms with E-state index in [9.17, 15) is 4.79 Å². The molecule has 2 heterocycles. The highest BCUT2D eigenvalue weighted by Gasteiger charge is 2.27. The normalized spacial score (nSPS) is 21.4. The zero-order valence-electron chi connectivity index (χ0n) is 14.0. The lowest BCUT2D eigenvalue weighted by atomic mass is 9.92. The third kappa shape index (κ3) is 3.26. The molecule has 122 valence electrons. The van der Waals surface area contributed by atoms with Crippen LogP contribution in [0, 0.1) is 18.8 Å². The van der Waals surface area contributed by atoms with Crippen molar-refractivity contribution < 1.29 is 9.21 Å². The molecule has 0 saturated carbocycles. The first-order valence-electron chi connectivity index (χ1n) is 8.19. The summed E-state index contributed by atoms with van der Waals surface area (Å²) in [4.78, 5) is 14.6. The summed E-state index contributed by atoms with van der Waals surface area (Å²) < 4.78 is 5.84. The molecule has 23 heavy (non-hydrogen) atoms. The number of likely N-dealkylation sites (tertiary alicyclic amines) is 1. The van der Waals surface area contributed by atoms with E-state index in [1.807, 2.05) is 36.1 Å². The van der Waals surface area contributed by atoms with Crippen LogP contribution in [0.25, 0.3) is 11.3 Å². The molecule has 1 saturated heterocycles. The van der Waals surface area contributed by atoms with E-state index in [2.05, 4.69) is 13.8 Å². The molecule has 0 spiro atoms. The third-order valence-corrected chi connectivity index (χ3v) is 4.50. The Morgan fingerprint density at radius 2 is 1.87 bits per heavy atom. The van der Waals surface area contributed by atoms with Crippen molar-refractivity contribution in [2.45, 2.75) is 27.2 Å². The van der Waals surface area contributed by atoms with Gasteiger partial charge >= 0.3 is 0 Å². The van der Waals surface area contributed by atoms with Gasteiger partial charge in [0.1, 0.15) is 5.76 Å². The third-order valence-electron chi connectivity index (χ3n) is 4.50. The van der Waals surface area contributed by atoms with E-state index >= 15 is 0 Å². The lowest BCUT2D eigenvalue weighted by Crippen LogP contribution is -2.42. The van der Waals surface area contributed by atoms with Crippen molar-refractivity contribution in [1.82, 2.24) is 4.90 Å². The van der Waals surface area contributed by atoms with Crippen molar-refractivity contribution in [2.24, 2.45) is 11.8 Å². The van der Waals surface area contributed by atoms with E-state index in [0.717, 1.165) is 24.2 Å². The number of hydrogen-bond donors (Lipinski definition) is 1. The first-order chi connectivity index (χ1) is 10.9. The molecular weight excluding hydrogens is 288 g/mol. The lowest BCUT2D eigenvalue weighted by Gasteiger charge is -2.34. The number of nitrogens with zero attached hydrogens (tertiary/aromatic N) is 1. The Kier molecular flexibility index (Phi) is 4.16. The van der Waals surface area contributed by atoms with Crippen LogP contribution in [0.3, 0.4) is 0 Å². The van der Waals surface area contributed by atoms with Crippen molar-refractivity contribution >= 4 is 11.6 Å². The number of hydrogen-bond acceptors (Lipinski definition) is 3. The first kappa shape index (κ1) is 15.7. The van der Waals surface area contributed by atoms with Gasteiger partial charge in [0.2, 0.25) is 0 Å². The van der Waals surface area contributed by atoms with Gasteiger partial charge in [-0.3, -0.25) is 4.79 Å². The number of carbonyl (C=O) groups excluding carboxylic acids is 1. The highest BCUT2D eigenvalue weighted by Crippen LogP contribution is 2.29. The molecule has 1 amide bonds. The van der Waals surface area contributed by atoms with Crippen molar-refractivity contribution in [3.63, 3.8) is 0 Å². The molecule has 0 bridgehead atoms. The molecule has 1 aromatic heterocycles. The zero-order valence-corrected chi connectivity index (χ0v) is 14.0. The van der Waals surface area contributed by atoms with Gasteiger partial charge < -0.3 is 15.1 Å². The minimum absolute atomic E-state index is 0.0174. The van der Waals surface area contributed by atoms with Crippen molar-refractivity contribution in [1.29, 1.82) is 0 Å². The summed E-state index contributed by atoms with van der Waals surface area (Å²) in [6.45, 7) is 8.00. The van der Waals surface area contributed by atoms with Gasteiger partial charge in [0.15, 0.2) is 5.76 Å². The number of amides is 1. The number of aryl methyl sites for hydroxylation is 1. The topological polar surface area (TPSA) is 59.5 Å². The van der Waals surface area contributed by atoms with E-state index in [0.29, 0.717) is 29.0 Å². The average molecular weight is 312 g/mol. The fourth-order valence-corrected chi connectivity index (χ4v) is 3.49. The number of nitrogen functional groups attached to an aromatic ring is 1. The summed E-state index contributed by atoms with van der Waals surface area (Å²) in [7, 11) is 0. The largest absolute Gasteiger partial charge is 0.451 e. The minimum Gasteiger partial charge on any atom is -0.451 e. The van der Waals surface area contributed by atoms with Gasteiger partial charge in [-0.1, -0.05) is 19.9 Å². The van der Waals surface area contributed by atoms with E-state index < -0.39 is 0 Å². The molecule has 0 aliphatic carbocycles. The first-order valence-corrected chi connectivity index (χ1v) is 8.19.